The standard InChI is InChI=1S/C2H5N.Pt/c1-2-3-1;/h3H,1-2H2;. The van der Waals surface area contributed by atoms with Crippen LogP contribution in [0.5, 0.6) is 0 Å². The van der Waals surface area contributed by atoms with E-state index in [0.717, 1.165) is 0 Å². The van der Waals surface area contributed by atoms with Gasteiger partial charge in [0.1, 0.15) is 0 Å². The molecule has 1 rings (SSSR count). The molecule has 0 bridgehead atoms. The molecule has 0 aromatic carbocycles. The molecule has 0 aromatic rings. The summed E-state index contributed by atoms with van der Waals surface area (Å²) in [7, 11) is 0. The third kappa shape index (κ3) is 2.65. The van der Waals surface area contributed by atoms with E-state index in [9.17, 15) is 0 Å². The van der Waals surface area contributed by atoms with Gasteiger partial charge >= 0.3 is 0 Å². The second kappa shape index (κ2) is 1.92. The Kier molecular flexibility index (Phi) is 2.23. The van der Waals surface area contributed by atoms with E-state index >= 15 is 0 Å². The van der Waals surface area contributed by atoms with Crippen molar-refractivity contribution < 1.29 is 21.1 Å². The van der Waals surface area contributed by atoms with E-state index in [1.807, 2.05) is 0 Å². The summed E-state index contributed by atoms with van der Waals surface area (Å²) >= 11 is 0. The summed E-state index contributed by atoms with van der Waals surface area (Å²) in [5.41, 5.74) is 0. The summed E-state index contributed by atoms with van der Waals surface area (Å²) in [6.45, 7) is 2.50. The Labute approximate surface area is 40.0 Å². The summed E-state index contributed by atoms with van der Waals surface area (Å²) in [4.78, 5) is 0. The molecule has 1 aliphatic heterocycles. The monoisotopic (exact) mass is 238 g/mol. The summed E-state index contributed by atoms with van der Waals surface area (Å²) in [5.74, 6) is 0. The summed E-state index contributed by atoms with van der Waals surface area (Å²) in [5, 5.41) is 3.00. The van der Waals surface area contributed by atoms with Crippen molar-refractivity contribution >= 4 is 0 Å². The number of rotatable bonds is 0. The van der Waals surface area contributed by atoms with Crippen LogP contribution in [-0.4, -0.2) is 13.1 Å². The van der Waals surface area contributed by atoms with Crippen LogP contribution in [0.4, 0.5) is 0 Å². The van der Waals surface area contributed by atoms with Crippen LogP contribution in [0, 0.1) is 0 Å². The molecule has 1 N–H and O–H groups in total. The zero-order valence-corrected chi connectivity index (χ0v) is 4.50. The summed E-state index contributed by atoms with van der Waals surface area (Å²) in [6, 6.07) is 0. The molecule has 1 saturated heterocycles. The molecule has 1 aliphatic rings. The van der Waals surface area contributed by atoms with E-state index < -0.39 is 0 Å². The number of hydrogen-bond donors (Lipinski definition) is 1. The Balaban J connectivity index is 0.0000000900. The van der Waals surface area contributed by atoms with E-state index in [1.54, 1.807) is 0 Å². The third-order valence-electron chi connectivity index (χ3n) is 0.250. The van der Waals surface area contributed by atoms with Crippen LogP contribution in [-0.2, 0) is 21.1 Å². The van der Waals surface area contributed by atoms with Crippen molar-refractivity contribution in [3.8, 4) is 0 Å². The topological polar surface area (TPSA) is 21.9 Å². The zero-order valence-electron chi connectivity index (χ0n) is 2.23. The Bertz CT molecular complexity index is 10.8. The van der Waals surface area contributed by atoms with Crippen molar-refractivity contribution in [1.82, 2.24) is 5.32 Å². The first kappa shape index (κ1) is 4.65. The second-order valence-electron chi connectivity index (χ2n) is 0.750. The van der Waals surface area contributed by atoms with Gasteiger partial charge in [0.25, 0.3) is 0 Å². The zero-order chi connectivity index (χ0) is 2.12. The Morgan fingerprint density at radius 3 is 1.50 bits per heavy atom. The molecule has 0 radical (unpaired) electrons. The molecular weight excluding hydrogens is 233 g/mol. The molecule has 0 aliphatic carbocycles. The number of hydrogen-bond acceptors (Lipinski definition) is 1. The van der Waals surface area contributed by atoms with Gasteiger partial charge in [-0.25, -0.2) is 0 Å². The average Bonchev–Trinajstić information content (AvgIpc) is 1.46. The maximum absolute atomic E-state index is 3.00. The first-order valence-corrected chi connectivity index (χ1v) is 1.21. The van der Waals surface area contributed by atoms with Gasteiger partial charge in [-0.1, -0.05) is 0 Å². The van der Waals surface area contributed by atoms with Gasteiger partial charge in [-0.05, 0) is 0 Å². The minimum atomic E-state index is 0. The van der Waals surface area contributed by atoms with E-state index in [4.69, 9.17) is 0 Å². The fraction of sp³-hybridized carbons (Fsp3) is 1.00. The van der Waals surface area contributed by atoms with Crippen molar-refractivity contribution in [3.05, 3.63) is 0 Å². The van der Waals surface area contributed by atoms with Crippen molar-refractivity contribution in [2.24, 2.45) is 0 Å². The molecule has 4 heavy (non-hydrogen) atoms. The quantitative estimate of drug-likeness (QED) is 0.569. The molecular formula is C2H5NPt. The molecule has 0 aromatic heterocycles. The SMILES string of the molecule is C1CN1.[Pt]. The van der Waals surface area contributed by atoms with Gasteiger partial charge in [-0.3, -0.25) is 0 Å². The van der Waals surface area contributed by atoms with Gasteiger partial charge < -0.3 is 5.32 Å². The predicted molar refractivity (Wildman–Crippen MR) is 12.9 cm³/mol. The van der Waals surface area contributed by atoms with Crippen LogP contribution in [0.15, 0.2) is 0 Å². The molecule has 1 nitrogen and oxygen atoms in total. The first-order valence-electron chi connectivity index (χ1n) is 1.21. The van der Waals surface area contributed by atoms with Gasteiger partial charge in [-0.15, -0.1) is 0 Å². The van der Waals surface area contributed by atoms with Crippen LogP contribution in [0.1, 0.15) is 0 Å². The van der Waals surface area contributed by atoms with Crippen LogP contribution < -0.4 is 5.32 Å². The normalized spacial score (nSPS) is 18.0. The summed E-state index contributed by atoms with van der Waals surface area (Å²) < 4.78 is 0. The molecule has 0 unspecified atom stereocenters. The second-order valence-corrected chi connectivity index (χ2v) is 0.750. The van der Waals surface area contributed by atoms with Gasteiger partial charge in [0, 0.05) is 34.2 Å². The molecule has 0 saturated carbocycles. The van der Waals surface area contributed by atoms with Crippen molar-refractivity contribution in [2.75, 3.05) is 13.1 Å². The molecule has 1 heterocycles. The van der Waals surface area contributed by atoms with Gasteiger partial charge in [0.15, 0.2) is 0 Å². The van der Waals surface area contributed by atoms with E-state index in [1.165, 1.54) is 13.1 Å². The van der Waals surface area contributed by atoms with Crippen LogP contribution >= 0.6 is 0 Å². The first-order chi connectivity index (χ1) is 1.50. The maximum Gasteiger partial charge on any atom is 0.00772 e. The average molecular weight is 238 g/mol. The summed E-state index contributed by atoms with van der Waals surface area (Å²) in [6.07, 6.45) is 0. The Hall–Kier alpha value is 0.648. The van der Waals surface area contributed by atoms with E-state index in [-0.39, 0.29) is 21.1 Å². The molecule has 1 fully saturated rings. The minimum absolute atomic E-state index is 0. The molecule has 0 atom stereocenters. The maximum atomic E-state index is 3.00. The Morgan fingerprint density at radius 1 is 1.25 bits per heavy atom. The van der Waals surface area contributed by atoms with Crippen molar-refractivity contribution in [1.29, 1.82) is 0 Å². The fourth-order valence-corrected chi connectivity index (χ4v) is 0. The minimum Gasteiger partial charge on any atom is -0.314 e. The third-order valence-corrected chi connectivity index (χ3v) is 0.250. The van der Waals surface area contributed by atoms with E-state index in [2.05, 4.69) is 5.32 Å². The van der Waals surface area contributed by atoms with Gasteiger partial charge in [0.2, 0.25) is 0 Å². The van der Waals surface area contributed by atoms with Gasteiger partial charge in [-0.2, -0.15) is 0 Å². The van der Waals surface area contributed by atoms with Crippen molar-refractivity contribution in [3.63, 3.8) is 0 Å². The fourth-order valence-electron chi connectivity index (χ4n) is 0. The predicted octanol–water partition coefficient (Wildman–Crippen LogP) is -0.413. The molecule has 0 amide bonds. The Morgan fingerprint density at radius 2 is 1.50 bits per heavy atom. The van der Waals surface area contributed by atoms with Gasteiger partial charge in [0.05, 0.1) is 0 Å². The van der Waals surface area contributed by atoms with Crippen molar-refractivity contribution in [2.45, 2.75) is 0 Å². The van der Waals surface area contributed by atoms with Crippen LogP contribution in [0.3, 0.4) is 0 Å². The van der Waals surface area contributed by atoms with Crippen LogP contribution in [0.2, 0.25) is 0 Å². The molecule has 2 heteroatoms. The smallest absolute Gasteiger partial charge is 0.00772 e. The molecule has 0 spiro atoms. The van der Waals surface area contributed by atoms with Crippen LogP contribution in [0.25, 0.3) is 0 Å². The molecule has 28 valence electrons. The van der Waals surface area contributed by atoms with E-state index in [0.29, 0.717) is 0 Å². The largest absolute Gasteiger partial charge is 0.314 e. The number of nitrogens with one attached hydrogen (secondary N) is 1.